The monoisotopic (exact) mass is 499 g/mol. The van der Waals surface area contributed by atoms with Crippen molar-refractivity contribution in [2.75, 3.05) is 37.9 Å². The molecule has 0 aliphatic carbocycles. The van der Waals surface area contributed by atoms with Gasteiger partial charge < -0.3 is 23.8 Å². The number of aromatic nitrogens is 1. The number of halogens is 1. The average molecular weight is 500 g/mol. The Morgan fingerprint density at radius 2 is 1.56 bits per heavy atom. The Hall–Kier alpha value is -3.90. The van der Waals surface area contributed by atoms with Gasteiger partial charge in [-0.2, -0.15) is 0 Å². The third-order valence-corrected chi connectivity index (χ3v) is 7.24. The third-order valence-electron chi connectivity index (χ3n) is 6.92. The summed E-state index contributed by atoms with van der Waals surface area (Å²) in [6.07, 6.45) is 0. The molecule has 0 unspecified atom stereocenters. The molecule has 6 rings (SSSR count). The smallest absolute Gasteiger partial charge is 0.255 e. The van der Waals surface area contributed by atoms with E-state index in [1.54, 1.807) is 0 Å². The second-order valence-electron chi connectivity index (χ2n) is 9.00. The van der Waals surface area contributed by atoms with Crippen LogP contribution in [0, 0.1) is 6.92 Å². The van der Waals surface area contributed by atoms with Crippen LogP contribution in [-0.4, -0.2) is 48.3 Å². The molecule has 1 amide bonds. The summed E-state index contributed by atoms with van der Waals surface area (Å²) in [5.41, 5.74) is 5.55. The highest BCUT2D eigenvalue weighted by atomic mass is 35.5. The molecule has 0 spiro atoms. The number of rotatable bonds is 4. The van der Waals surface area contributed by atoms with E-state index in [2.05, 4.69) is 21.6 Å². The molecular weight excluding hydrogens is 474 g/mol. The molecule has 3 aromatic carbocycles. The molecule has 1 fully saturated rings. The van der Waals surface area contributed by atoms with Crippen LogP contribution in [0.1, 0.15) is 16.1 Å². The molecule has 0 radical (unpaired) electrons. The summed E-state index contributed by atoms with van der Waals surface area (Å²) in [6, 6.07) is 25.9. The lowest BCUT2D eigenvalue weighted by molar-refractivity contribution is 0.0746. The quantitative estimate of drug-likeness (QED) is 0.356. The Bertz CT molecular complexity index is 1430. The number of amides is 1. The second kappa shape index (κ2) is 9.28. The SMILES string of the molecule is Cc1c(C(=O)N2CCN(c3ccccc3Cl)CC2)cc(-c2ccccc2)n1-c1ccc2c(c1)OCO2. The van der Waals surface area contributed by atoms with Gasteiger partial charge in [-0.1, -0.05) is 54.1 Å². The molecule has 0 atom stereocenters. The van der Waals surface area contributed by atoms with Gasteiger partial charge in [0.25, 0.3) is 5.91 Å². The number of para-hydroxylation sites is 1. The first-order valence-corrected chi connectivity index (χ1v) is 12.4. The van der Waals surface area contributed by atoms with Crippen LogP contribution < -0.4 is 14.4 Å². The lowest BCUT2D eigenvalue weighted by Gasteiger charge is -2.36. The van der Waals surface area contributed by atoms with Gasteiger partial charge in [-0.25, -0.2) is 0 Å². The van der Waals surface area contributed by atoms with Crippen molar-refractivity contribution in [2.45, 2.75) is 6.92 Å². The molecule has 0 saturated carbocycles. The topological polar surface area (TPSA) is 46.9 Å². The predicted molar refractivity (Wildman–Crippen MR) is 142 cm³/mol. The molecular formula is C29H26ClN3O3. The first-order chi connectivity index (χ1) is 17.6. The zero-order chi connectivity index (χ0) is 24.6. The van der Waals surface area contributed by atoms with Crippen molar-refractivity contribution < 1.29 is 14.3 Å². The minimum absolute atomic E-state index is 0.0444. The number of hydrogen-bond acceptors (Lipinski definition) is 4. The molecule has 0 N–H and O–H groups in total. The predicted octanol–water partition coefficient (Wildman–Crippen LogP) is 5.80. The Balaban J connectivity index is 1.33. The number of hydrogen-bond donors (Lipinski definition) is 0. The zero-order valence-corrected chi connectivity index (χ0v) is 20.7. The number of nitrogens with zero attached hydrogens (tertiary/aromatic N) is 3. The average Bonchev–Trinajstić information content (AvgIpc) is 3.53. The van der Waals surface area contributed by atoms with Gasteiger partial charge in [0.2, 0.25) is 6.79 Å². The van der Waals surface area contributed by atoms with Crippen molar-refractivity contribution in [1.29, 1.82) is 0 Å². The minimum Gasteiger partial charge on any atom is -0.454 e. The van der Waals surface area contributed by atoms with Gasteiger partial charge in [-0.05, 0) is 42.8 Å². The van der Waals surface area contributed by atoms with Crippen LogP contribution in [0.3, 0.4) is 0 Å². The lowest BCUT2D eigenvalue weighted by Crippen LogP contribution is -2.49. The molecule has 3 heterocycles. The van der Waals surface area contributed by atoms with Gasteiger partial charge >= 0.3 is 0 Å². The minimum atomic E-state index is 0.0444. The fraction of sp³-hybridized carbons (Fsp3) is 0.207. The van der Waals surface area contributed by atoms with E-state index in [0.29, 0.717) is 24.4 Å². The van der Waals surface area contributed by atoms with Crippen molar-refractivity contribution in [3.8, 4) is 28.4 Å². The Morgan fingerprint density at radius 3 is 2.33 bits per heavy atom. The van der Waals surface area contributed by atoms with Crippen LogP contribution in [0.5, 0.6) is 11.5 Å². The van der Waals surface area contributed by atoms with E-state index >= 15 is 0 Å². The Morgan fingerprint density at radius 1 is 0.833 bits per heavy atom. The molecule has 182 valence electrons. The summed E-state index contributed by atoms with van der Waals surface area (Å²) in [5.74, 6) is 1.49. The molecule has 2 aliphatic rings. The zero-order valence-electron chi connectivity index (χ0n) is 20.0. The van der Waals surface area contributed by atoms with Crippen LogP contribution in [0.4, 0.5) is 5.69 Å². The maximum Gasteiger partial charge on any atom is 0.255 e. The van der Waals surface area contributed by atoms with E-state index in [1.165, 1.54) is 0 Å². The van der Waals surface area contributed by atoms with Crippen molar-refractivity contribution in [1.82, 2.24) is 9.47 Å². The van der Waals surface area contributed by atoms with E-state index in [4.69, 9.17) is 21.1 Å². The summed E-state index contributed by atoms with van der Waals surface area (Å²) >= 11 is 6.40. The van der Waals surface area contributed by atoms with Crippen LogP contribution in [-0.2, 0) is 0 Å². The fourth-order valence-corrected chi connectivity index (χ4v) is 5.29. The van der Waals surface area contributed by atoms with E-state index < -0.39 is 0 Å². The summed E-state index contributed by atoms with van der Waals surface area (Å²) in [7, 11) is 0. The van der Waals surface area contributed by atoms with Crippen molar-refractivity contribution >= 4 is 23.2 Å². The van der Waals surface area contributed by atoms with Crippen LogP contribution in [0.2, 0.25) is 5.02 Å². The Labute approximate surface area is 215 Å². The maximum absolute atomic E-state index is 13.8. The van der Waals surface area contributed by atoms with Crippen molar-refractivity contribution in [2.24, 2.45) is 0 Å². The number of carbonyl (C=O) groups is 1. The van der Waals surface area contributed by atoms with Crippen LogP contribution >= 0.6 is 11.6 Å². The summed E-state index contributed by atoms with van der Waals surface area (Å²) in [6.45, 7) is 4.98. The van der Waals surface area contributed by atoms with Gasteiger partial charge in [0.05, 0.1) is 22.0 Å². The molecule has 0 bridgehead atoms. The van der Waals surface area contributed by atoms with Crippen LogP contribution in [0.15, 0.2) is 78.9 Å². The molecule has 1 saturated heterocycles. The standard InChI is InChI=1S/C29H26ClN3O3/c1-20-23(29(34)32-15-13-31(14-16-32)25-10-6-5-9-24(25)30)18-26(21-7-3-2-4-8-21)33(20)22-11-12-27-28(17-22)36-19-35-27/h2-12,17-18H,13-16,19H2,1H3. The molecule has 1 aromatic heterocycles. The molecule has 2 aliphatic heterocycles. The Kier molecular flexibility index (Phi) is 5.82. The molecule has 7 heteroatoms. The summed E-state index contributed by atoms with van der Waals surface area (Å²) < 4.78 is 13.3. The van der Waals surface area contributed by atoms with Gasteiger partial charge in [0.15, 0.2) is 11.5 Å². The van der Waals surface area contributed by atoms with Gasteiger partial charge in [-0.15, -0.1) is 0 Å². The van der Waals surface area contributed by atoms with E-state index in [9.17, 15) is 4.79 Å². The first kappa shape index (κ1) is 22.6. The largest absolute Gasteiger partial charge is 0.454 e. The number of anilines is 1. The number of piperazine rings is 1. The summed E-state index contributed by atoms with van der Waals surface area (Å²) in [4.78, 5) is 18.0. The number of carbonyl (C=O) groups excluding carboxylic acids is 1. The van der Waals surface area contributed by atoms with E-state index in [-0.39, 0.29) is 12.7 Å². The summed E-state index contributed by atoms with van der Waals surface area (Å²) in [5, 5.41) is 0.737. The number of fused-ring (bicyclic) bond motifs is 1. The van der Waals surface area contributed by atoms with E-state index in [0.717, 1.165) is 52.2 Å². The normalized spacial score (nSPS) is 14.8. The number of benzene rings is 3. The highest BCUT2D eigenvalue weighted by Gasteiger charge is 2.27. The highest BCUT2D eigenvalue weighted by molar-refractivity contribution is 6.33. The number of ether oxygens (including phenoxy) is 2. The van der Waals surface area contributed by atoms with Crippen molar-refractivity contribution in [3.05, 3.63) is 95.1 Å². The maximum atomic E-state index is 13.8. The lowest BCUT2D eigenvalue weighted by atomic mass is 10.1. The van der Waals surface area contributed by atoms with Crippen LogP contribution in [0.25, 0.3) is 16.9 Å². The second-order valence-corrected chi connectivity index (χ2v) is 9.41. The fourth-order valence-electron chi connectivity index (χ4n) is 5.03. The van der Waals surface area contributed by atoms with Crippen molar-refractivity contribution in [3.63, 3.8) is 0 Å². The highest BCUT2D eigenvalue weighted by Crippen LogP contribution is 2.37. The van der Waals surface area contributed by atoms with Gasteiger partial charge in [0, 0.05) is 43.6 Å². The van der Waals surface area contributed by atoms with Gasteiger partial charge in [-0.3, -0.25) is 4.79 Å². The first-order valence-electron chi connectivity index (χ1n) is 12.1. The molecule has 6 nitrogen and oxygen atoms in total. The molecule has 36 heavy (non-hydrogen) atoms. The third kappa shape index (κ3) is 3.97. The molecule has 4 aromatic rings. The van der Waals surface area contributed by atoms with E-state index in [1.807, 2.05) is 78.6 Å². The van der Waals surface area contributed by atoms with Gasteiger partial charge in [0.1, 0.15) is 0 Å².